The van der Waals surface area contributed by atoms with Gasteiger partial charge in [-0.1, -0.05) is 200 Å². The van der Waals surface area contributed by atoms with E-state index in [1.807, 2.05) is 18.2 Å². The van der Waals surface area contributed by atoms with Crippen LogP contribution in [0.15, 0.2) is 212 Å². The van der Waals surface area contributed by atoms with E-state index in [1.165, 1.54) is 75.8 Å². The number of aromatic nitrogens is 3. The zero-order valence-electron chi connectivity index (χ0n) is 33.5. The fraction of sp³-hybridized carbons (Fsp3) is 0.0172. The van der Waals surface area contributed by atoms with Crippen molar-refractivity contribution in [1.29, 1.82) is 0 Å². The van der Waals surface area contributed by atoms with Crippen LogP contribution in [0.5, 0.6) is 0 Å². The van der Waals surface area contributed by atoms with Gasteiger partial charge < -0.3 is 0 Å². The lowest BCUT2D eigenvalue weighted by atomic mass is 9.70. The molecule has 0 amide bonds. The molecule has 288 valence electrons. The molecule has 9 aromatic carbocycles. The van der Waals surface area contributed by atoms with Gasteiger partial charge in [0.1, 0.15) is 0 Å². The number of fused-ring (bicyclic) bond motifs is 13. The summed E-state index contributed by atoms with van der Waals surface area (Å²) in [7, 11) is 0. The minimum atomic E-state index is -0.356. The summed E-state index contributed by atoms with van der Waals surface area (Å²) in [6.45, 7) is 0. The fourth-order valence-electron chi connectivity index (χ4n) is 10.3. The molecule has 0 aliphatic heterocycles. The molecular formula is C58H35N3S. The predicted octanol–water partition coefficient (Wildman–Crippen LogP) is 14.9. The van der Waals surface area contributed by atoms with E-state index < -0.39 is 0 Å². The normalized spacial score (nSPS) is 13.0. The van der Waals surface area contributed by atoms with Crippen LogP contribution in [0.25, 0.3) is 98.8 Å². The molecule has 62 heavy (non-hydrogen) atoms. The van der Waals surface area contributed by atoms with Gasteiger partial charge in [0, 0.05) is 36.9 Å². The Bertz CT molecular complexity index is 3520. The molecule has 13 rings (SSSR count). The maximum Gasteiger partial charge on any atom is 0.164 e. The Morgan fingerprint density at radius 3 is 1.42 bits per heavy atom. The first-order valence-corrected chi connectivity index (χ1v) is 21.9. The van der Waals surface area contributed by atoms with Crippen molar-refractivity contribution in [2.45, 2.75) is 5.41 Å². The Kier molecular flexibility index (Phi) is 7.69. The Balaban J connectivity index is 0.864. The second-order valence-electron chi connectivity index (χ2n) is 16.3. The summed E-state index contributed by atoms with van der Waals surface area (Å²) in [5, 5.41) is 2.53. The van der Waals surface area contributed by atoms with Gasteiger partial charge in [0.15, 0.2) is 17.5 Å². The van der Waals surface area contributed by atoms with E-state index in [1.54, 1.807) is 11.3 Å². The first-order chi connectivity index (χ1) is 30.7. The van der Waals surface area contributed by atoms with Crippen LogP contribution in [-0.4, -0.2) is 15.0 Å². The molecular weight excluding hydrogens is 771 g/mol. The van der Waals surface area contributed by atoms with Crippen LogP contribution in [0.3, 0.4) is 0 Å². The second kappa shape index (κ2) is 13.6. The van der Waals surface area contributed by atoms with E-state index in [4.69, 9.17) is 15.0 Å². The second-order valence-corrected chi connectivity index (χ2v) is 17.3. The van der Waals surface area contributed by atoms with E-state index in [2.05, 4.69) is 194 Å². The number of rotatable bonds is 5. The summed E-state index contributed by atoms with van der Waals surface area (Å²) in [4.78, 5) is 15.1. The summed E-state index contributed by atoms with van der Waals surface area (Å²) in [6.07, 6.45) is 0. The number of nitrogens with zero attached hydrogens (tertiary/aromatic N) is 3. The highest BCUT2D eigenvalue weighted by Crippen LogP contribution is 2.63. The molecule has 0 fully saturated rings. The molecule has 0 saturated carbocycles. The first-order valence-electron chi connectivity index (χ1n) is 21.1. The van der Waals surface area contributed by atoms with E-state index in [9.17, 15) is 0 Å². The van der Waals surface area contributed by atoms with Crippen molar-refractivity contribution in [2.75, 3.05) is 0 Å². The van der Waals surface area contributed by atoms with Crippen LogP contribution in [0.2, 0.25) is 0 Å². The molecule has 0 atom stereocenters. The van der Waals surface area contributed by atoms with Crippen LogP contribution in [-0.2, 0) is 5.41 Å². The average Bonchev–Trinajstić information content (AvgIpc) is 3.98. The van der Waals surface area contributed by atoms with Crippen LogP contribution in [0.4, 0.5) is 0 Å². The summed E-state index contributed by atoms with van der Waals surface area (Å²) in [5.41, 5.74) is 18.0. The van der Waals surface area contributed by atoms with E-state index >= 15 is 0 Å². The predicted molar refractivity (Wildman–Crippen MR) is 256 cm³/mol. The molecule has 4 heteroatoms. The molecule has 0 N–H and O–H groups in total. The summed E-state index contributed by atoms with van der Waals surface area (Å²) >= 11 is 1.80. The van der Waals surface area contributed by atoms with Crippen molar-refractivity contribution < 1.29 is 0 Å². The minimum Gasteiger partial charge on any atom is -0.208 e. The van der Waals surface area contributed by atoms with Gasteiger partial charge >= 0.3 is 0 Å². The van der Waals surface area contributed by atoms with Gasteiger partial charge in [0.05, 0.1) is 5.41 Å². The Hall–Kier alpha value is -7.79. The lowest BCUT2D eigenvalue weighted by Crippen LogP contribution is -2.25. The maximum absolute atomic E-state index is 5.09. The van der Waals surface area contributed by atoms with Crippen molar-refractivity contribution in [3.8, 4) is 78.7 Å². The lowest BCUT2D eigenvalue weighted by Gasteiger charge is -2.30. The molecule has 1 spiro atoms. The number of hydrogen-bond acceptors (Lipinski definition) is 4. The van der Waals surface area contributed by atoms with Crippen molar-refractivity contribution in [2.24, 2.45) is 0 Å². The monoisotopic (exact) mass is 805 g/mol. The lowest BCUT2D eigenvalue weighted by molar-refractivity contribution is 0.794. The highest BCUT2D eigenvalue weighted by atomic mass is 32.1. The summed E-state index contributed by atoms with van der Waals surface area (Å²) in [5.74, 6) is 1.97. The topological polar surface area (TPSA) is 38.7 Å². The molecule has 2 heterocycles. The van der Waals surface area contributed by atoms with Crippen LogP contribution in [0.1, 0.15) is 22.3 Å². The molecule has 0 radical (unpaired) electrons. The van der Waals surface area contributed by atoms with Crippen LogP contribution in [0, 0.1) is 0 Å². The SMILES string of the molecule is c1ccc(-c2nc(-c3ccc(-c4ccc(-c5cccc6c5-c5ccccc5C65c6ccccc6-c6ccccc65)cc4)cc3)nc(-c3ccc4c(c3)sc3ccccc34)n2)cc1. The van der Waals surface area contributed by atoms with Crippen LogP contribution >= 0.6 is 11.3 Å². The van der Waals surface area contributed by atoms with Crippen molar-refractivity contribution in [3.63, 3.8) is 0 Å². The molecule has 3 nitrogen and oxygen atoms in total. The number of thiophene rings is 1. The van der Waals surface area contributed by atoms with Gasteiger partial charge in [-0.25, -0.2) is 15.0 Å². The number of benzene rings is 9. The Morgan fingerprint density at radius 1 is 0.290 bits per heavy atom. The van der Waals surface area contributed by atoms with Gasteiger partial charge in [-0.3, -0.25) is 0 Å². The van der Waals surface area contributed by atoms with E-state index in [0.29, 0.717) is 17.5 Å². The van der Waals surface area contributed by atoms with Gasteiger partial charge in [-0.05, 0) is 78.9 Å². The molecule has 2 aliphatic rings. The van der Waals surface area contributed by atoms with E-state index in [0.717, 1.165) is 27.8 Å². The standard InChI is InChI=1S/C58H35N3S/c1-2-13-39(14-3-1)55-59-56(61-57(60-55)41-33-34-46-45-17-7-11-24-52(45)62-53(46)35-41)40-31-27-37(28-32-40)36-25-29-38(30-26-36)42-19-12-23-51-54(42)47-18-6-10-22-50(47)58(51)48-20-8-4-15-43(48)44-16-5-9-21-49(44)58/h1-35H. The summed E-state index contributed by atoms with van der Waals surface area (Å²) < 4.78 is 2.50. The van der Waals surface area contributed by atoms with Crippen molar-refractivity contribution in [1.82, 2.24) is 15.0 Å². The average molecular weight is 806 g/mol. The third kappa shape index (κ3) is 5.14. The fourth-order valence-corrected chi connectivity index (χ4v) is 11.4. The zero-order valence-corrected chi connectivity index (χ0v) is 34.3. The van der Waals surface area contributed by atoms with E-state index in [-0.39, 0.29) is 5.41 Å². The smallest absolute Gasteiger partial charge is 0.164 e. The third-order valence-corrected chi connectivity index (χ3v) is 14.1. The largest absolute Gasteiger partial charge is 0.208 e. The third-order valence-electron chi connectivity index (χ3n) is 13.0. The molecule has 11 aromatic rings. The van der Waals surface area contributed by atoms with Gasteiger partial charge in [-0.2, -0.15) is 0 Å². The Morgan fingerprint density at radius 2 is 0.742 bits per heavy atom. The molecule has 0 unspecified atom stereocenters. The zero-order chi connectivity index (χ0) is 40.8. The van der Waals surface area contributed by atoms with Crippen molar-refractivity contribution in [3.05, 3.63) is 235 Å². The molecule has 2 aliphatic carbocycles. The number of hydrogen-bond donors (Lipinski definition) is 0. The molecule has 0 bridgehead atoms. The minimum absolute atomic E-state index is 0.356. The maximum atomic E-state index is 5.09. The molecule has 0 saturated heterocycles. The van der Waals surface area contributed by atoms with Crippen LogP contribution < -0.4 is 0 Å². The first kappa shape index (κ1) is 35.0. The molecule has 2 aromatic heterocycles. The Labute approximate surface area is 363 Å². The highest BCUT2D eigenvalue weighted by molar-refractivity contribution is 7.25. The highest BCUT2D eigenvalue weighted by Gasteiger charge is 2.51. The summed E-state index contributed by atoms with van der Waals surface area (Å²) in [6, 6.07) is 76.9. The van der Waals surface area contributed by atoms with Gasteiger partial charge in [0.25, 0.3) is 0 Å². The van der Waals surface area contributed by atoms with Gasteiger partial charge in [-0.15, -0.1) is 11.3 Å². The quantitative estimate of drug-likeness (QED) is 0.174. The van der Waals surface area contributed by atoms with Gasteiger partial charge in [0.2, 0.25) is 0 Å². The van der Waals surface area contributed by atoms with Crippen molar-refractivity contribution >= 4 is 31.5 Å².